The molecule has 3 heterocycles. The van der Waals surface area contributed by atoms with Gasteiger partial charge in [0, 0.05) is 42.0 Å². The highest BCUT2D eigenvalue weighted by molar-refractivity contribution is 7.15. The number of aromatic nitrogens is 2. The fraction of sp³-hybridized carbons (Fsp3) is 0.241. The third kappa shape index (κ3) is 5.80. The van der Waals surface area contributed by atoms with E-state index in [1.54, 1.807) is 23.9 Å². The minimum absolute atomic E-state index is 0.0421. The van der Waals surface area contributed by atoms with Gasteiger partial charge in [-0.1, -0.05) is 19.1 Å². The Morgan fingerprint density at radius 1 is 1.05 bits per heavy atom. The number of nitrogens with zero attached hydrogens (tertiary/aromatic N) is 4. The van der Waals surface area contributed by atoms with Crippen molar-refractivity contribution < 1.29 is 13.6 Å². The van der Waals surface area contributed by atoms with Crippen molar-refractivity contribution in [2.24, 2.45) is 10.9 Å². The lowest BCUT2D eigenvalue weighted by Crippen LogP contribution is -2.32. The highest BCUT2D eigenvalue weighted by atomic mass is 32.1. The summed E-state index contributed by atoms with van der Waals surface area (Å²) in [6.07, 6.45) is 4.02. The van der Waals surface area contributed by atoms with E-state index >= 15 is 0 Å². The first-order valence-electron chi connectivity index (χ1n) is 12.5. The molecule has 0 fully saturated rings. The molecule has 2 aromatic heterocycles. The molecule has 200 valence electrons. The van der Waals surface area contributed by atoms with Crippen LogP contribution in [0.25, 0.3) is 21.3 Å². The van der Waals surface area contributed by atoms with Gasteiger partial charge in [-0.3, -0.25) is 4.79 Å². The van der Waals surface area contributed by atoms with Crippen LogP contribution in [0.15, 0.2) is 71.2 Å². The van der Waals surface area contributed by atoms with Crippen molar-refractivity contribution in [2.75, 3.05) is 19.0 Å². The Morgan fingerprint density at radius 2 is 1.90 bits per heavy atom. The van der Waals surface area contributed by atoms with Crippen molar-refractivity contribution in [1.29, 1.82) is 0 Å². The van der Waals surface area contributed by atoms with E-state index in [4.69, 9.17) is 0 Å². The zero-order valence-corrected chi connectivity index (χ0v) is 22.6. The molecule has 10 heteroatoms. The molecule has 0 aliphatic carbocycles. The van der Waals surface area contributed by atoms with Crippen molar-refractivity contribution >= 4 is 40.2 Å². The number of fused-ring (bicyclic) bond motifs is 1. The molecule has 1 unspecified atom stereocenters. The van der Waals surface area contributed by atoms with Gasteiger partial charge in [0.15, 0.2) is 11.6 Å². The van der Waals surface area contributed by atoms with Crippen LogP contribution in [0, 0.1) is 17.6 Å². The zero-order chi connectivity index (χ0) is 27.5. The van der Waals surface area contributed by atoms with Gasteiger partial charge in [-0.15, -0.1) is 11.3 Å². The van der Waals surface area contributed by atoms with Gasteiger partial charge in [-0.05, 0) is 59.9 Å². The number of hydrogen-bond acceptors (Lipinski definition) is 7. The number of carbonyl (C=O) groups excluding carboxylic acids is 1. The van der Waals surface area contributed by atoms with Gasteiger partial charge >= 0.3 is 0 Å². The standard InChI is InChI=1S/C29H28F2N6OS/c1-17-10-11-32-27(26(17)29(38)34-14-18-4-7-22(30)23(31)12-18)33-15-20-6-9-25(39-20)19-5-8-24-21(13-19)28(37(2)3)36-16-35-24/h4-9,11-13,16-17,33H,10,14-15H2,1-3H3,(H,34,38). The summed E-state index contributed by atoms with van der Waals surface area (Å²) < 4.78 is 26.8. The van der Waals surface area contributed by atoms with Crippen LogP contribution in [0.5, 0.6) is 0 Å². The smallest absolute Gasteiger partial charge is 0.251 e. The molecular formula is C29H28F2N6OS. The summed E-state index contributed by atoms with van der Waals surface area (Å²) in [5.74, 6) is -0.798. The first-order valence-corrected chi connectivity index (χ1v) is 13.4. The van der Waals surface area contributed by atoms with Crippen LogP contribution >= 0.6 is 11.3 Å². The number of thiophene rings is 1. The number of anilines is 1. The Balaban J connectivity index is 1.30. The van der Waals surface area contributed by atoms with Crippen LogP contribution in [-0.2, 0) is 17.9 Å². The average Bonchev–Trinajstić information content (AvgIpc) is 3.41. The van der Waals surface area contributed by atoms with Gasteiger partial charge in [0.05, 0.1) is 17.6 Å². The van der Waals surface area contributed by atoms with Gasteiger partial charge in [0.2, 0.25) is 0 Å². The van der Waals surface area contributed by atoms with E-state index in [1.807, 2.05) is 32.0 Å². The summed E-state index contributed by atoms with van der Waals surface area (Å²) >= 11 is 1.66. The SMILES string of the molecule is CC1CC=NC(NCc2ccc(-c3ccc4ncnc(N(C)C)c4c3)s2)=C1C(=O)NCc1ccc(F)c(F)c1. The van der Waals surface area contributed by atoms with E-state index in [0.29, 0.717) is 29.9 Å². The first-order chi connectivity index (χ1) is 18.8. The second-order valence-corrected chi connectivity index (χ2v) is 10.8. The van der Waals surface area contributed by atoms with Crippen LogP contribution in [0.2, 0.25) is 0 Å². The average molecular weight is 547 g/mol. The van der Waals surface area contributed by atoms with E-state index in [2.05, 4.69) is 49.9 Å². The summed E-state index contributed by atoms with van der Waals surface area (Å²) in [4.78, 5) is 30.5. The number of benzene rings is 2. The third-order valence-corrected chi connectivity index (χ3v) is 7.66. The van der Waals surface area contributed by atoms with E-state index in [-0.39, 0.29) is 18.4 Å². The van der Waals surface area contributed by atoms with E-state index in [1.165, 1.54) is 6.07 Å². The number of amides is 1. The lowest BCUT2D eigenvalue weighted by Gasteiger charge is -2.21. The summed E-state index contributed by atoms with van der Waals surface area (Å²) in [5.41, 5.74) is 3.00. The Labute approximate surface area is 229 Å². The monoisotopic (exact) mass is 546 g/mol. The Kier molecular flexibility index (Phi) is 7.65. The molecular weight excluding hydrogens is 518 g/mol. The summed E-state index contributed by atoms with van der Waals surface area (Å²) in [5, 5.41) is 7.13. The second kappa shape index (κ2) is 11.3. The molecule has 1 atom stereocenters. The number of carbonyl (C=O) groups is 1. The van der Waals surface area contributed by atoms with Crippen LogP contribution in [0.4, 0.5) is 14.6 Å². The lowest BCUT2D eigenvalue weighted by molar-refractivity contribution is -0.118. The highest BCUT2D eigenvalue weighted by Gasteiger charge is 2.24. The van der Waals surface area contributed by atoms with Gasteiger partial charge in [0.25, 0.3) is 5.91 Å². The molecule has 1 aliphatic heterocycles. The number of rotatable bonds is 8. The number of hydrogen-bond donors (Lipinski definition) is 2. The number of nitrogens with one attached hydrogen (secondary N) is 2. The van der Waals surface area contributed by atoms with Gasteiger partial charge < -0.3 is 15.5 Å². The fourth-order valence-corrected chi connectivity index (χ4v) is 5.42. The van der Waals surface area contributed by atoms with Crippen molar-refractivity contribution in [3.63, 3.8) is 0 Å². The van der Waals surface area contributed by atoms with Gasteiger partial charge in [-0.25, -0.2) is 23.7 Å². The Morgan fingerprint density at radius 3 is 2.69 bits per heavy atom. The Bertz CT molecular complexity index is 1600. The van der Waals surface area contributed by atoms with E-state index in [0.717, 1.165) is 44.2 Å². The largest absolute Gasteiger partial charge is 0.365 e. The minimum Gasteiger partial charge on any atom is -0.365 e. The van der Waals surface area contributed by atoms with Crippen LogP contribution in [-0.4, -0.2) is 36.2 Å². The lowest BCUT2D eigenvalue weighted by atomic mass is 9.95. The number of aliphatic imine (C=N–C) groups is 1. The zero-order valence-electron chi connectivity index (χ0n) is 21.8. The molecule has 0 spiro atoms. The molecule has 2 N–H and O–H groups in total. The molecule has 7 nitrogen and oxygen atoms in total. The molecule has 2 aromatic carbocycles. The molecule has 1 aliphatic rings. The van der Waals surface area contributed by atoms with Crippen molar-refractivity contribution in [3.05, 3.63) is 88.3 Å². The predicted molar refractivity (Wildman–Crippen MR) is 152 cm³/mol. The molecule has 0 bridgehead atoms. The summed E-state index contributed by atoms with van der Waals surface area (Å²) in [7, 11) is 3.92. The van der Waals surface area contributed by atoms with Crippen molar-refractivity contribution in [3.8, 4) is 10.4 Å². The molecule has 1 amide bonds. The van der Waals surface area contributed by atoms with E-state index < -0.39 is 11.6 Å². The second-order valence-electron chi connectivity index (χ2n) is 9.58. The first kappa shape index (κ1) is 26.4. The summed E-state index contributed by atoms with van der Waals surface area (Å²) in [6.45, 7) is 2.56. The topological polar surface area (TPSA) is 82.5 Å². The molecule has 0 radical (unpaired) electrons. The van der Waals surface area contributed by atoms with Crippen LogP contribution in [0.1, 0.15) is 23.8 Å². The van der Waals surface area contributed by atoms with Crippen LogP contribution in [0.3, 0.4) is 0 Å². The van der Waals surface area contributed by atoms with Gasteiger partial charge in [0.1, 0.15) is 18.0 Å². The normalized spacial score (nSPS) is 15.1. The van der Waals surface area contributed by atoms with E-state index in [9.17, 15) is 13.6 Å². The summed E-state index contributed by atoms with van der Waals surface area (Å²) in [6, 6.07) is 13.9. The molecule has 4 aromatic rings. The van der Waals surface area contributed by atoms with Crippen LogP contribution < -0.4 is 15.5 Å². The van der Waals surface area contributed by atoms with Crippen molar-refractivity contribution in [1.82, 2.24) is 20.6 Å². The Hall–Kier alpha value is -4.18. The molecule has 39 heavy (non-hydrogen) atoms. The molecule has 0 saturated heterocycles. The molecule has 0 saturated carbocycles. The fourth-order valence-electron chi connectivity index (χ4n) is 4.47. The highest BCUT2D eigenvalue weighted by Crippen LogP contribution is 2.32. The third-order valence-electron chi connectivity index (χ3n) is 6.52. The van der Waals surface area contributed by atoms with Gasteiger partial charge in [-0.2, -0.15) is 0 Å². The quantitative estimate of drug-likeness (QED) is 0.308. The minimum atomic E-state index is -0.940. The van der Waals surface area contributed by atoms with Crippen molar-refractivity contribution in [2.45, 2.75) is 26.4 Å². The number of halogens is 2. The maximum absolute atomic E-state index is 13.5. The predicted octanol–water partition coefficient (Wildman–Crippen LogP) is 5.43. The molecule has 5 rings (SSSR count). The maximum Gasteiger partial charge on any atom is 0.251 e. The maximum atomic E-state index is 13.5.